The van der Waals surface area contributed by atoms with Crippen molar-refractivity contribution >= 4 is 5.97 Å². The zero-order chi connectivity index (χ0) is 34.0. The summed E-state index contributed by atoms with van der Waals surface area (Å²) in [4.78, 5) is 11.2. The van der Waals surface area contributed by atoms with E-state index in [4.69, 9.17) is 4.74 Å². The summed E-state index contributed by atoms with van der Waals surface area (Å²) >= 11 is 0. The summed E-state index contributed by atoms with van der Waals surface area (Å²) in [5.74, 6) is -0.142. The normalized spacial score (nSPS) is 11.3. The first kappa shape index (κ1) is 46.2. The van der Waals surface area contributed by atoms with Gasteiger partial charge in [-0.15, -0.1) is 0 Å². The van der Waals surface area contributed by atoms with Gasteiger partial charge in [-0.05, 0) is 6.42 Å². The average Bonchev–Trinajstić information content (AvgIpc) is 3.07. The minimum absolute atomic E-state index is 0.142. The maximum Gasteiger partial charge on any atom is 0.310 e. The number of unbranched alkanes of at least 4 members (excludes halogenated alkanes) is 39. The second kappa shape index (κ2) is 43.2. The molecule has 0 radical (unpaired) electrons. The second-order valence-corrected chi connectivity index (χ2v) is 15.2. The number of hydrogen-bond donors (Lipinski definition) is 0. The summed E-state index contributed by atoms with van der Waals surface area (Å²) in [6.07, 6.45) is 59.1. The molecule has 0 aromatic heterocycles. The highest BCUT2D eigenvalue weighted by atomic mass is 16.5. The predicted octanol–water partition coefficient (Wildman–Crippen LogP) is 16.7. The van der Waals surface area contributed by atoms with Crippen LogP contribution >= 0.6 is 0 Å². The summed E-state index contributed by atoms with van der Waals surface area (Å²) in [5.41, 5.74) is 0. The van der Waals surface area contributed by atoms with Gasteiger partial charge in [0.2, 0.25) is 0 Å². The maximum absolute atomic E-state index is 11.2. The number of esters is 1. The molecule has 0 bridgehead atoms. The molecule has 0 fully saturated rings. The molecule has 0 amide bonds. The molecule has 0 aliphatic carbocycles. The minimum atomic E-state index is -0.142. The van der Waals surface area contributed by atoms with Gasteiger partial charge in [0.05, 0.1) is 6.26 Å². The van der Waals surface area contributed by atoms with Crippen LogP contribution in [0.15, 0.2) is 12.8 Å². The fourth-order valence-electron chi connectivity index (χ4n) is 7.21. The zero-order valence-electron chi connectivity index (χ0n) is 32.6. The van der Waals surface area contributed by atoms with Gasteiger partial charge in [-0.1, -0.05) is 264 Å². The number of rotatable bonds is 42. The van der Waals surface area contributed by atoms with Crippen LogP contribution in [0.3, 0.4) is 0 Å². The first-order valence-electron chi connectivity index (χ1n) is 22.1. The van der Waals surface area contributed by atoms with E-state index in [9.17, 15) is 4.79 Å². The lowest BCUT2D eigenvalue weighted by atomic mass is 10.0. The highest BCUT2D eigenvalue weighted by Crippen LogP contribution is 2.18. The van der Waals surface area contributed by atoms with Crippen molar-refractivity contribution in [2.75, 3.05) is 0 Å². The Hall–Kier alpha value is -0.790. The second-order valence-electron chi connectivity index (χ2n) is 15.2. The van der Waals surface area contributed by atoms with E-state index in [2.05, 4.69) is 13.5 Å². The third-order valence-electron chi connectivity index (χ3n) is 10.4. The SMILES string of the molecule is C=COC(=O)CCCCCCCCCCCCCCCCCCCCCCCCCCCCCCCCCCCCCCCCCC. The molecule has 0 heterocycles. The van der Waals surface area contributed by atoms with Gasteiger partial charge < -0.3 is 4.74 Å². The van der Waals surface area contributed by atoms with Crippen LogP contribution in [-0.2, 0) is 9.53 Å². The summed E-state index contributed by atoms with van der Waals surface area (Å²) in [5, 5.41) is 0. The largest absolute Gasteiger partial charge is 0.435 e. The van der Waals surface area contributed by atoms with Gasteiger partial charge in [-0.25, -0.2) is 0 Å². The number of carbonyl (C=O) groups excluding carboxylic acids is 1. The van der Waals surface area contributed by atoms with E-state index in [1.54, 1.807) is 0 Å². The van der Waals surface area contributed by atoms with Gasteiger partial charge in [0, 0.05) is 6.42 Å². The highest BCUT2D eigenvalue weighted by Gasteiger charge is 2.01. The lowest BCUT2D eigenvalue weighted by Gasteiger charge is -2.05. The summed E-state index contributed by atoms with van der Waals surface area (Å²) in [6, 6.07) is 0. The molecule has 2 nitrogen and oxygen atoms in total. The van der Waals surface area contributed by atoms with Gasteiger partial charge in [0.1, 0.15) is 0 Å². The fourth-order valence-corrected chi connectivity index (χ4v) is 7.21. The van der Waals surface area contributed by atoms with E-state index in [0.717, 1.165) is 12.8 Å². The highest BCUT2D eigenvalue weighted by molar-refractivity contribution is 5.69. The van der Waals surface area contributed by atoms with Crippen molar-refractivity contribution in [3.8, 4) is 0 Å². The fraction of sp³-hybridized carbons (Fsp3) is 0.933. The van der Waals surface area contributed by atoms with Gasteiger partial charge in [-0.3, -0.25) is 4.79 Å². The molecule has 0 aliphatic heterocycles. The molecule has 2 heteroatoms. The third-order valence-corrected chi connectivity index (χ3v) is 10.4. The van der Waals surface area contributed by atoms with Crippen molar-refractivity contribution in [2.24, 2.45) is 0 Å². The molecule has 0 saturated heterocycles. The Morgan fingerprint density at radius 1 is 0.340 bits per heavy atom. The van der Waals surface area contributed by atoms with Crippen LogP contribution in [0.1, 0.15) is 270 Å². The molecule has 0 spiro atoms. The Bertz CT molecular complexity index is 585. The van der Waals surface area contributed by atoms with E-state index in [0.29, 0.717) is 6.42 Å². The standard InChI is InChI=1S/C45H88O2/c1-3-5-6-7-8-9-10-11-12-13-14-15-16-17-18-19-20-21-22-23-24-25-26-27-28-29-30-31-32-33-34-35-36-37-38-39-40-41-42-43-44-45(46)47-4-2/h4H,2-3,5-44H2,1H3. The molecular weight excluding hydrogens is 572 g/mol. The van der Waals surface area contributed by atoms with Crippen LogP contribution < -0.4 is 0 Å². The molecule has 0 aromatic rings. The molecule has 0 atom stereocenters. The van der Waals surface area contributed by atoms with Crippen LogP contribution in [0, 0.1) is 0 Å². The quantitative estimate of drug-likeness (QED) is 0.0370. The van der Waals surface area contributed by atoms with E-state index < -0.39 is 0 Å². The molecule has 0 unspecified atom stereocenters. The number of hydrogen-bond acceptors (Lipinski definition) is 2. The van der Waals surface area contributed by atoms with Crippen LogP contribution in [0.25, 0.3) is 0 Å². The van der Waals surface area contributed by atoms with Crippen LogP contribution in [-0.4, -0.2) is 5.97 Å². The van der Waals surface area contributed by atoms with Gasteiger partial charge in [0.15, 0.2) is 0 Å². The van der Waals surface area contributed by atoms with E-state index in [1.165, 1.54) is 250 Å². The predicted molar refractivity (Wildman–Crippen MR) is 211 cm³/mol. The van der Waals surface area contributed by atoms with E-state index >= 15 is 0 Å². The average molecular weight is 661 g/mol. The van der Waals surface area contributed by atoms with Gasteiger partial charge >= 0.3 is 5.97 Å². The van der Waals surface area contributed by atoms with E-state index in [-0.39, 0.29) is 5.97 Å². The monoisotopic (exact) mass is 661 g/mol. The molecule has 0 rings (SSSR count). The van der Waals surface area contributed by atoms with Crippen molar-refractivity contribution < 1.29 is 9.53 Å². The first-order valence-corrected chi connectivity index (χ1v) is 22.1. The van der Waals surface area contributed by atoms with Crippen molar-refractivity contribution in [1.82, 2.24) is 0 Å². The van der Waals surface area contributed by atoms with Crippen molar-refractivity contribution in [2.45, 2.75) is 270 Å². The number of carbonyl (C=O) groups is 1. The van der Waals surface area contributed by atoms with Crippen LogP contribution in [0.2, 0.25) is 0 Å². The van der Waals surface area contributed by atoms with Crippen LogP contribution in [0.4, 0.5) is 0 Å². The zero-order valence-corrected chi connectivity index (χ0v) is 32.6. The molecule has 0 N–H and O–H groups in total. The van der Waals surface area contributed by atoms with Crippen molar-refractivity contribution in [1.29, 1.82) is 0 Å². The molecular formula is C45H88O2. The molecule has 0 aromatic carbocycles. The molecule has 0 saturated carbocycles. The summed E-state index contributed by atoms with van der Waals surface area (Å²) < 4.78 is 4.74. The molecule has 280 valence electrons. The van der Waals surface area contributed by atoms with Crippen molar-refractivity contribution in [3.63, 3.8) is 0 Å². The van der Waals surface area contributed by atoms with Gasteiger partial charge in [-0.2, -0.15) is 0 Å². The smallest absolute Gasteiger partial charge is 0.310 e. The lowest BCUT2D eigenvalue weighted by Crippen LogP contribution is -1.98. The maximum atomic E-state index is 11.2. The summed E-state index contributed by atoms with van der Waals surface area (Å²) in [6.45, 7) is 5.72. The topological polar surface area (TPSA) is 26.3 Å². The van der Waals surface area contributed by atoms with E-state index in [1.807, 2.05) is 0 Å². The van der Waals surface area contributed by atoms with Crippen molar-refractivity contribution in [3.05, 3.63) is 12.8 Å². The Kier molecular flexibility index (Phi) is 42.5. The number of ether oxygens (including phenoxy) is 1. The van der Waals surface area contributed by atoms with Crippen LogP contribution in [0.5, 0.6) is 0 Å². The lowest BCUT2D eigenvalue weighted by molar-refractivity contribution is -0.138. The first-order chi connectivity index (χ1) is 23.3. The minimum Gasteiger partial charge on any atom is -0.435 e. The molecule has 0 aliphatic rings. The Balaban J connectivity index is 3.06. The Labute approximate surface area is 297 Å². The summed E-state index contributed by atoms with van der Waals surface area (Å²) in [7, 11) is 0. The third kappa shape index (κ3) is 43.2. The Morgan fingerprint density at radius 2 is 0.511 bits per heavy atom. The van der Waals surface area contributed by atoms with Gasteiger partial charge in [0.25, 0.3) is 0 Å². The molecule has 47 heavy (non-hydrogen) atoms. The Morgan fingerprint density at radius 3 is 0.681 bits per heavy atom.